The van der Waals surface area contributed by atoms with Gasteiger partial charge in [0.15, 0.2) is 11.6 Å². The van der Waals surface area contributed by atoms with Crippen LogP contribution in [0.1, 0.15) is 37.2 Å². The van der Waals surface area contributed by atoms with Crippen molar-refractivity contribution in [3.63, 3.8) is 0 Å². The number of benzene rings is 2. The van der Waals surface area contributed by atoms with Crippen LogP contribution in [0.25, 0.3) is 20.2 Å². The van der Waals surface area contributed by atoms with Crippen LogP contribution in [0.3, 0.4) is 0 Å². The molecule has 0 saturated heterocycles. The van der Waals surface area contributed by atoms with Crippen molar-refractivity contribution in [1.82, 2.24) is 0 Å². The minimum absolute atomic E-state index is 0.0285. The van der Waals surface area contributed by atoms with Crippen LogP contribution >= 0.6 is 11.3 Å². The maximum absolute atomic E-state index is 14.9. The van der Waals surface area contributed by atoms with Crippen molar-refractivity contribution in [3.8, 4) is 5.75 Å². The summed E-state index contributed by atoms with van der Waals surface area (Å²) in [5.41, 5.74) is 0.615. The smallest absolute Gasteiger partial charge is 0.403 e. The van der Waals surface area contributed by atoms with Crippen LogP contribution in [0.15, 0.2) is 24.3 Å². The van der Waals surface area contributed by atoms with E-state index in [-0.39, 0.29) is 21.1 Å². The number of thiophene rings is 1. The first kappa shape index (κ1) is 16.6. The van der Waals surface area contributed by atoms with Crippen LogP contribution in [0.5, 0.6) is 5.75 Å². The molecule has 3 aromatic rings. The predicted octanol–water partition coefficient (Wildman–Crippen LogP) is 6.89. The van der Waals surface area contributed by atoms with Gasteiger partial charge in [0.25, 0.3) is 0 Å². The number of halogens is 5. The Morgan fingerprint density at radius 1 is 0.880 bits per heavy atom. The van der Waals surface area contributed by atoms with E-state index >= 15 is 0 Å². The van der Waals surface area contributed by atoms with E-state index in [0.29, 0.717) is 16.3 Å². The Kier molecular flexibility index (Phi) is 3.86. The molecule has 1 heterocycles. The second kappa shape index (κ2) is 5.83. The Hall–Kier alpha value is -1.89. The Morgan fingerprint density at radius 2 is 1.48 bits per heavy atom. The molecule has 0 amide bonds. The molecule has 0 atom stereocenters. The number of ether oxygens (including phenoxy) is 1. The van der Waals surface area contributed by atoms with Gasteiger partial charge in [-0.15, -0.1) is 24.5 Å². The lowest BCUT2D eigenvalue weighted by molar-refractivity contribution is -0.275. The van der Waals surface area contributed by atoms with Gasteiger partial charge in [-0.1, -0.05) is 25.0 Å². The van der Waals surface area contributed by atoms with E-state index < -0.39 is 17.9 Å². The molecule has 0 spiro atoms. The van der Waals surface area contributed by atoms with Crippen LogP contribution in [-0.2, 0) is 0 Å². The fourth-order valence-corrected chi connectivity index (χ4v) is 4.77. The number of fused-ring (bicyclic) bond motifs is 3. The van der Waals surface area contributed by atoms with E-state index in [2.05, 4.69) is 4.74 Å². The number of hydrogen-bond acceptors (Lipinski definition) is 2. The fourth-order valence-electron chi connectivity index (χ4n) is 3.59. The highest BCUT2D eigenvalue weighted by Crippen LogP contribution is 2.44. The van der Waals surface area contributed by atoms with Crippen molar-refractivity contribution >= 4 is 31.5 Å². The Morgan fingerprint density at radius 3 is 2.12 bits per heavy atom. The van der Waals surface area contributed by atoms with E-state index in [4.69, 9.17) is 0 Å². The maximum Gasteiger partial charge on any atom is 0.573 e. The van der Waals surface area contributed by atoms with Gasteiger partial charge in [0.1, 0.15) is 5.82 Å². The quantitative estimate of drug-likeness (QED) is 0.445. The van der Waals surface area contributed by atoms with Gasteiger partial charge in [-0.05, 0) is 36.5 Å². The van der Waals surface area contributed by atoms with E-state index in [9.17, 15) is 22.0 Å². The fraction of sp³-hybridized carbons (Fsp3) is 0.333. The van der Waals surface area contributed by atoms with Gasteiger partial charge in [0.2, 0.25) is 0 Å². The van der Waals surface area contributed by atoms with Crippen LogP contribution in [-0.4, -0.2) is 6.36 Å². The molecule has 1 saturated carbocycles. The van der Waals surface area contributed by atoms with Gasteiger partial charge in [0.05, 0.1) is 9.40 Å². The topological polar surface area (TPSA) is 9.23 Å². The average Bonchev–Trinajstić information content (AvgIpc) is 3.17. The first-order valence-corrected chi connectivity index (χ1v) is 8.75. The zero-order chi connectivity index (χ0) is 17.8. The van der Waals surface area contributed by atoms with Gasteiger partial charge < -0.3 is 4.74 Å². The molecule has 1 fully saturated rings. The van der Waals surface area contributed by atoms with E-state index in [1.807, 2.05) is 0 Å². The zero-order valence-corrected chi connectivity index (χ0v) is 13.7. The first-order valence-electron chi connectivity index (χ1n) is 7.94. The predicted molar refractivity (Wildman–Crippen MR) is 87.1 cm³/mol. The zero-order valence-electron chi connectivity index (χ0n) is 12.9. The van der Waals surface area contributed by atoms with Gasteiger partial charge in [-0.25, -0.2) is 8.78 Å². The molecule has 1 aliphatic rings. The molecule has 7 heteroatoms. The Balaban J connectivity index is 1.88. The summed E-state index contributed by atoms with van der Waals surface area (Å²) in [7, 11) is 0. The van der Waals surface area contributed by atoms with Gasteiger partial charge in [0, 0.05) is 10.8 Å². The SMILES string of the molecule is Fc1c(OC(F)(F)F)ccc2c1sc1c(F)c(C3CCCC3)ccc12. The second-order valence-electron chi connectivity index (χ2n) is 6.23. The molecule has 0 aliphatic heterocycles. The summed E-state index contributed by atoms with van der Waals surface area (Å²) in [6, 6.07) is 5.72. The molecule has 1 aromatic heterocycles. The van der Waals surface area contributed by atoms with Crippen molar-refractivity contribution in [3.05, 3.63) is 41.5 Å². The van der Waals surface area contributed by atoms with Crippen LogP contribution in [0, 0.1) is 11.6 Å². The summed E-state index contributed by atoms with van der Waals surface area (Å²) >= 11 is 0.831. The van der Waals surface area contributed by atoms with E-state index in [1.54, 1.807) is 12.1 Å². The van der Waals surface area contributed by atoms with Crippen LogP contribution < -0.4 is 4.74 Å². The molecule has 4 rings (SSSR count). The minimum Gasteiger partial charge on any atom is -0.403 e. The van der Waals surface area contributed by atoms with E-state index in [0.717, 1.165) is 43.1 Å². The summed E-state index contributed by atoms with van der Waals surface area (Å²) in [5, 5.41) is 0.903. The molecule has 0 unspecified atom stereocenters. The molecule has 25 heavy (non-hydrogen) atoms. The summed E-state index contributed by atoms with van der Waals surface area (Å²) in [6.07, 6.45) is -1.02. The lowest BCUT2D eigenvalue weighted by Gasteiger charge is -2.11. The molecular weight excluding hydrogens is 359 g/mol. The van der Waals surface area contributed by atoms with Gasteiger partial charge >= 0.3 is 6.36 Å². The highest BCUT2D eigenvalue weighted by atomic mass is 32.1. The van der Waals surface area contributed by atoms with Crippen molar-refractivity contribution in [2.45, 2.75) is 38.0 Å². The highest BCUT2D eigenvalue weighted by Gasteiger charge is 2.33. The average molecular weight is 372 g/mol. The number of rotatable bonds is 2. The third-order valence-electron chi connectivity index (χ3n) is 4.70. The molecular formula is C18H13F5OS. The molecule has 1 nitrogen and oxygen atoms in total. The second-order valence-corrected chi connectivity index (χ2v) is 7.25. The first-order chi connectivity index (χ1) is 11.8. The van der Waals surface area contributed by atoms with Gasteiger partial charge in [-0.2, -0.15) is 0 Å². The lowest BCUT2D eigenvalue weighted by atomic mass is 9.96. The van der Waals surface area contributed by atoms with Crippen molar-refractivity contribution in [2.24, 2.45) is 0 Å². The minimum atomic E-state index is -4.98. The summed E-state index contributed by atoms with van der Waals surface area (Å²) in [4.78, 5) is 0. The normalized spacial score (nSPS) is 16.2. The van der Waals surface area contributed by atoms with Crippen molar-refractivity contribution in [1.29, 1.82) is 0 Å². The van der Waals surface area contributed by atoms with Crippen LogP contribution in [0.4, 0.5) is 22.0 Å². The van der Waals surface area contributed by atoms with Gasteiger partial charge in [-0.3, -0.25) is 0 Å². The maximum atomic E-state index is 14.9. The van der Waals surface area contributed by atoms with Crippen molar-refractivity contribution in [2.75, 3.05) is 0 Å². The summed E-state index contributed by atoms with van der Waals surface area (Å²) in [6.45, 7) is 0. The lowest BCUT2D eigenvalue weighted by Crippen LogP contribution is -2.17. The third kappa shape index (κ3) is 2.84. The molecule has 1 aliphatic carbocycles. The number of hydrogen-bond donors (Lipinski definition) is 0. The monoisotopic (exact) mass is 372 g/mol. The molecule has 0 N–H and O–H groups in total. The molecule has 0 bridgehead atoms. The van der Waals surface area contributed by atoms with E-state index in [1.165, 1.54) is 6.07 Å². The third-order valence-corrected chi connectivity index (χ3v) is 5.91. The molecule has 0 radical (unpaired) electrons. The molecule has 2 aromatic carbocycles. The summed E-state index contributed by atoms with van der Waals surface area (Å²) in [5.74, 6) is -2.24. The largest absolute Gasteiger partial charge is 0.573 e. The molecule has 132 valence electrons. The standard InChI is InChI=1S/C18H13F5OS/c19-14-10(9-3-1-2-4-9)5-6-11-12-7-8-13(24-18(21,22)23)15(20)17(12)25-16(11)14/h5-9H,1-4H2. The summed E-state index contributed by atoms with van der Waals surface area (Å²) < 4.78 is 70.4. The number of alkyl halides is 3. The Bertz CT molecular complexity index is 954. The Labute approximate surface area is 144 Å². The van der Waals surface area contributed by atoms with Crippen molar-refractivity contribution < 1.29 is 26.7 Å². The van der Waals surface area contributed by atoms with Crippen LogP contribution in [0.2, 0.25) is 0 Å². The highest BCUT2D eigenvalue weighted by molar-refractivity contribution is 7.25.